The zero-order valence-corrected chi connectivity index (χ0v) is 20.0. The van der Waals surface area contributed by atoms with Gasteiger partial charge in [0.2, 0.25) is 0 Å². The van der Waals surface area contributed by atoms with Gasteiger partial charge in [0, 0.05) is 29.6 Å². The number of amides is 1. The molecule has 0 spiro atoms. The SMILES string of the molecule is CC(C)CS(=O)(=O)C1=NC(c2ccccc2)=CN2C(c3ccc(C(=O)NC4CC4)cc3)=CNC12. The van der Waals surface area contributed by atoms with Gasteiger partial charge >= 0.3 is 0 Å². The average Bonchev–Trinajstić information content (AvgIpc) is 3.53. The molecule has 176 valence electrons. The summed E-state index contributed by atoms with van der Waals surface area (Å²) in [6.45, 7) is 3.78. The predicted octanol–water partition coefficient (Wildman–Crippen LogP) is 3.59. The molecule has 2 aromatic rings. The number of hydrogen-bond donors (Lipinski definition) is 2. The van der Waals surface area contributed by atoms with Crippen LogP contribution >= 0.6 is 0 Å². The minimum absolute atomic E-state index is 0.0182. The lowest BCUT2D eigenvalue weighted by Crippen LogP contribution is -2.47. The summed E-state index contributed by atoms with van der Waals surface area (Å²) in [6.07, 6.45) is 5.17. The van der Waals surface area contributed by atoms with Crippen molar-refractivity contribution in [1.82, 2.24) is 15.5 Å². The van der Waals surface area contributed by atoms with Crippen molar-refractivity contribution in [2.75, 3.05) is 5.75 Å². The van der Waals surface area contributed by atoms with Crippen molar-refractivity contribution in [3.05, 3.63) is 83.7 Å². The maximum Gasteiger partial charge on any atom is 0.251 e. The van der Waals surface area contributed by atoms with Crippen LogP contribution < -0.4 is 10.6 Å². The van der Waals surface area contributed by atoms with E-state index in [1.165, 1.54) is 0 Å². The van der Waals surface area contributed by atoms with Gasteiger partial charge in [-0.3, -0.25) is 4.79 Å². The fourth-order valence-electron chi connectivity index (χ4n) is 4.16. The number of hydrogen-bond acceptors (Lipinski definition) is 6. The Kier molecular flexibility index (Phi) is 5.77. The molecule has 1 atom stereocenters. The first-order chi connectivity index (χ1) is 16.3. The number of carbonyl (C=O) groups excluding carboxylic acids is 1. The molecule has 0 saturated heterocycles. The van der Waals surface area contributed by atoms with E-state index in [2.05, 4.69) is 15.6 Å². The van der Waals surface area contributed by atoms with Gasteiger partial charge in [-0.25, -0.2) is 13.4 Å². The monoisotopic (exact) mass is 476 g/mol. The molecular formula is C26H28N4O3S. The first-order valence-corrected chi connectivity index (χ1v) is 13.2. The lowest BCUT2D eigenvalue weighted by molar-refractivity contribution is 0.0951. The molecule has 2 aliphatic heterocycles. The molecule has 34 heavy (non-hydrogen) atoms. The zero-order valence-electron chi connectivity index (χ0n) is 19.2. The smallest absolute Gasteiger partial charge is 0.251 e. The topological polar surface area (TPSA) is 90.9 Å². The molecule has 7 nitrogen and oxygen atoms in total. The molecule has 3 aliphatic rings. The van der Waals surface area contributed by atoms with Gasteiger partial charge in [0.05, 0.1) is 17.1 Å². The van der Waals surface area contributed by atoms with Crippen LogP contribution in [0.25, 0.3) is 11.4 Å². The molecule has 1 saturated carbocycles. The quantitative estimate of drug-likeness (QED) is 0.665. The highest BCUT2D eigenvalue weighted by molar-refractivity contribution is 8.06. The number of aliphatic imine (C=N–C) groups is 1. The van der Waals surface area contributed by atoms with E-state index in [1.807, 2.05) is 73.6 Å². The third-order valence-electron chi connectivity index (χ3n) is 5.96. The molecule has 1 amide bonds. The van der Waals surface area contributed by atoms with Gasteiger partial charge < -0.3 is 15.5 Å². The summed E-state index contributed by atoms with van der Waals surface area (Å²) in [5.41, 5.74) is 3.74. The largest absolute Gasteiger partial charge is 0.364 e. The maximum atomic E-state index is 13.3. The minimum atomic E-state index is -3.59. The maximum absolute atomic E-state index is 13.3. The molecule has 1 fully saturated rings. The Bertz CT molecular complexity index is 1290. The first-order valence-electron chi connectivity index (χ1n) is 11.6. The van der Waals surface area contributed by atoms with Crippen molar-refractivity contribution in [3.63, 3.8) is 0 Å². The third-order valence-corrected chi connectivity index (χ3v) is 8.01. The number of rotatable bonds is 6. The van der Waals surface area contributed by atoms with Crippen LogP contribution in [0.1, 0.15) is 48.2 Å². The van der Waals surface area contributed by atoms with Crippen molar-refractivity contribution < 1.29 is 13.2 Å². The molecule has 5 rings (SSSR count). The Morgan fingerprint density at radius 1 is 1.09 bits per heavy atom. The summed E-state index contributed by atoms with van der Waals surface area (Å²) in [4.78, 5) is 18.9. The third kappa shape index (κ3) is 4.50. The van der Waals surface area contributed by atoms with E-state index >= 15 is 0 Å². The number of benzene rings is 2. The lowest BCUT2D eigenvalue weighted by Gasteiger charge is -2.31. The summed E-state index contributed by atoms with van der Waals surface area (Å²) < 4.78 is 26.6. The second kappa shape index (κ2) is 8.76. The predicted molar refractivity (Wildman–Crippen MR) is 134 cm³/mol. The molecule has 2 heterocycles. The number of fused-ring (bicyclic) bond motifs is 1. The number of nitrogens with one attached hydrogen (secondary N) is 2. The van der Waals surface area contributed by atoms with Gasteiger partial charge in [0.25, 0.3) is 5.91 Å². The Labute approximate surface area is 200 Å². The second-order valence-corrected chi connectivity index (χ2v) is 11.3. The Morgan fingerprint density at radius 2 is 1.79 bits per heavy atom. The molecule has 2 N–H and O–H groups in total. The van der Waals surface area contributed by atoms with Crippen LogP contribution in [-0.2, 0) is 9.84 Å². The van der Waals surface area contributed by atoms with E-state index in [0.717, 1.165) is 29.7 Å². The summed E-state index contributed by atoms with van der Waals surface area (Å²) >= 11 is 0. The summed E-state index contributed by atoms with van der Waals surface area (Å²) in [6, 6.07) is 17.3. The van der Waals surface area contributed by atoms with Crippen molar-refractivity contribution in [3.8, 4) is 0 Å². The lowest BCUT2D eigenvalue weighted by atomic mass is 10.1. The van der Waals surface area contributed by atoms with Crippen LogP contribution in [0.3, 0.4) is 0 Å². The highest BCUT2D eigenvalue weighted by Gasteiger charge is 2.39. The minimum Gasteiger partial charge on any atom is -0.364 e. The van der Waals surface area contributed by atoms with E-state index in [4.69, 9.17) is 0 Å². The normalized spacial score (nSPS) is 19.7. The molecule has 2 aromatic carbocycles. The standard InChI is InChI=1S/C26H28N4O3S/c1-17(2)16-34(32,33)26-24-27-14-23(30(24)15-22(29-26)18-6-4-3-5-7-18)19-8-10-20(11-9-19)25(31)28-21-12-13-21/h3-11,14-15,17,21,24,27H,12-13,16H2,1-2H3,(H,28,31). The molecule has 0 bridgehead atoms. The van der Waals surface area contributed by atoms with Crippen LogP contribution in [0, 0.1) is 5.92 Å². The number of sulfone groups is 1. The molecule has 8 heteroatoms. The second-order valence-electron chi connectivity index (χ2n) is 9.34. The van der Waals surface area contributed by atoms with Crippen LogP contribution in [0.2, 0.25) is 0 Å². The molecule has 1 unspecified atom stereocenters. The van der Waals surface area contributed by atoms with Crippen LogP contribution in [0.15, 0.2) is 72.0 Å². The van der Waals surface area contributed by atoms with E-state index < -0.39 is 16.0 Å². The van der Waals surface area contributed by atoms with Gasteiger partial charge in [0.15, 0.2) is 21.0 Å². The summed E-state index contributed by atoms with van der Waals surface area (Å²) in [7, 11) is -3.59. The van der Waals surface area contributed by atoms with Gasteiger partial charge in [-0.15, -0.1) is 0 Å². The van der Waals surface area contributed by atoms with Crippen LogP contribution in [-0.4, -0.2) is 42.2 Å². The molecule has 0 aromatic heterocycles. The van der Waals surface area contributed by atoms with Crippen LogP contribution in [0.5, 0.6) is 0 Å². The molecule has 1 aliphatic carbocycles. The summed E-state index contributed by atoms with van der Waals surface area (Å²) in [5.74, 6) is -0.0562. The van der Waals surface area contributed by atoms with Crippen molar-refractivity contribution in [1.29, 1.82) is 0 Å². The van der Waals surface area contributed by atoms with Crippen molar-refractivity contribution in [2.24, 2.45) is 10.9 Å². The number of nitrogens with zero attached hydrogens (tertiary/aromatic N) is 2. The zero-order chi connectivity index (χ0) is 23.9. The van der Waals surface area contributed by atoms with Gasteiger partial charge in [-0.2, -0.15) is 0 Å². The molecule has 0 radical (unpaired) electrons. The highest BCUT2D eigenvalue weighted by Crippen LogP contribution is 2.34. The number of carbonyl (C=O) groups is 1. The van der Waals surface area contributed by atoms with Crippen molar-refractivity contribution in [2.45, 2.75) is 38.9 Å². The van der Waals surface area contributed by atoms with E-state index in [9.17, 15) is 13.2 Å². The van der Waals surface area contributed by atoms with E-state index in [1.54, 1.807) is 12.1 Å². The van der Waals surface area contributed by atoms with E-state index in [-0.39, 0.29) is 22.6 Å². The average molecular weight is 477 g/mol. The van der Waals surface area contributed by atoms with Gasteiger partial charge in [0.1, 0.15) is 0 Å². The Balaban J connectivity index is 1.48. The Hall–Kier alpha value is -3.39. The fourth-order valence-corrected chi connectivity index (χ4v) is 5.97. The highest BCUT2D eigenvalue weighted by atomic mass is 32.2. The Morgan fingerprint density at radius 3 is 2.44 bits per heavy atom. The van der Waals surface area contributed by atoms with E-state index in [0.29, 0.717) is 17.3 Å². The van der Waals surface area contributed by atoms with Gasteiger partial charge in [-0.1, -0.05) is 56.3 Å². The van der Waals surface area contributed by atoms with Crippen LogP contribution in [0.4, 0.5) is 0 Å². The summed E-state index contributed by atoms with van der Waals surface area (Å²) in [5, 5.41) is 6.33. The van der Waals surface area contributed by atoms with Gasteiger partial charge in [-0.05, 0) is 36.5 Å². The molecular weight excluding hydrogens is 448 g/mol. The first kappa shape index (κ1) is 22.4. The van der Waals surface area contributed by atoms with Crippen molar-refractivity contribution >= 4 is 32.2 Å². The fraction of sp³-hybridized carbons (Fsp3) is 0.308.